The summed E-state index contributed by atoms with van der Waals surface area (Å²) in [5.41, 5.74) is 6.57. The average molecular weight is 330 g/mol. The van der Waals surface area contributed by atoms with E-state index in [0.29, 0.717) is 5.70 Å². The Morgan fingerprint density at radius 1 is 1.30 bits per heavy atom. The average Bonchev–Trinajstić information content (AvgIpc) is 2.89. The number of hydrogen-bond acceptors (Lipinski definition) is 2. The summed E-state index contributed by atoms with van der Waals surface area (Å²) in [4.78, 5) is 4.08. The van der Waals surface area contributed by atoms with E-state index < -0.39 is 18.4 Å². The van der Waals surface area contributed by atoms with Gasteiger partial charge in [-0.15, -0.1) is 0 Å². The molecule has 0 spiro atoms. The van der Waals surface area contributed by atoms with Crippen molar-refractivity contribution < 1.29 is 17.6 Å². The van der Waals surface area contributed by atoms with Gasteiger partial charge in [0.2, 0.25) is 0 Å². The SMILES string of the molecule is C\C=C(CF)/C(=C\C(=C\CC)C(F)(F)F)N=CC1=C(N)CCC1. The molecule has 1 aliphatic carbocycles. The highest BCUT2D eigenvalue weighted by atomic mass is 19.4. The van der Waals surface area contributed by atoms with Gasteiger partial charge in [-0.25, -0.2) is 4.39 Å². The van der Waals surface area contributed by atoms with Gasteiger partial charge in [-0.05, 0) is 44.3 Å². The molecule has 0 radical (unpaired) electrons. The van der Waals surface area contributed by atoms with Crippen molar-refractivity contribution in [2.24, 2.45) is 10.7 Å². The first kappa shape index (κ1) is 19.2. The fourth-order valence-corrected chi connectivity index (χ4v) is 2.22. The van der Waals surface area contributed by atoms with Crippen LogP contribution in [0.15, 0.2) is 51.3 Å². The van der Waals surface area contributed by atoms with Gasteiger partial charge >= 0.3 is 6.18 Å². The molecule has 0 bridgehead atoms. The van der Waals surface area contributed by atoms with Crippen LogP contribution in [-0.2, 0) is 0 Å². The first-order chi connectivity index (χ1) is 10.8. The summed E-state index contributed by atoms with van der Waals surface area (Å²) in [5, 5.41) is 0. The molecule has 1 rings (SSSR count). The highest BCUT2D eigenvalue weighted by Crippen LogP contribution is 2.30. The van der Waals surface area contributed by atoms with Crippen LogP contribution in [0.3, 0.4) is 0 Å². The predicted octanol–water partition coefficient (Wildman–Crippen LogP) is 5.15. The molecule has 0 aromatic heterocycles. The number of hydrogen-bond donors (Lipinski definition) is 1. The van der Waals surface area contributed by atoms with E-state index in [2.05, 4.69) is 4.99 Å². The van der Waals surface area contributed by atoms with E-state index in [9.17, 15) is 17.6 Å². The van der Waals surface area contributed by atoms with Crippen LogP contribution in [0.5, 0.6) is 0 Å². The zero-order chi connectivity index (χ0) is 17.5. The number of allylic oxidation sites excluding steroid dienone is 7. The minimum atomic E-state index is -4.50. The Morgan fingerprint density at radius 3 is 2.43 bits per heavy atom. The molecule has 6 heteroatoms. The third-order valence-corrected chi connectivity index (χ3v) is 3.53. The summed E-state index contributed by atoms with van der Waals surface area (Å²) in [6.45, 7) is 2.29. The molecule has 1 aliphatic rings. The zero-order valence-corrected chi connectivity index (χ0v) is 13.4. The molecular formula is C17H22F4N2. The van der Waals surface area contributed by atoms with E-state index in [1.54, 1.807) is 13.8 Å². The number of nitrogens with zero attached hydrogens (tertiary/aromatic N) is 1. The van der Waals surface area contributed by atoms with Gasteiger partial charge in [-0.3, -0.25) is 4.99 Å². The maximum absolute atomic E-state index is 13.1. The lowest BCUT2D eigenvalue weighted by Gasteiger charge is -2.10. The molecule has 128 valence electrons. The molecule has 0 heterocycles. The Kier molecular flexibility index (Phi) is 7.26. The Labute approximate surface area is 134 Å². The van der Waals surface area contributed by atoms with E-state index in [0.717, 1.165) is 37.0 Å². The van der Waals surface area contributed by atoms with Gasteiger partial charge in [0, 0.05) is 17.5 Å². The fraction of sp³-hybridized carbons (Fsp3) is 0.471. The second kappa shape index (κ2) is 8.70. The van der Waals surface area contributed by atoms with Crippen molar-refractivity contribution in [1.29, 1.82) is 0 Å². The second-order valence-electron chi connectivity index (χ2n) is 5.20. The second-order valence-corrected chi connectivity index (χ2v) is 5.20. The van der Waals surface area contributed by atoms with Crippen LogP contribution in [0.1, 0.15) is 39.5 Å². The fourth-order valence-electron chi connectivity index (χ4n) is 2.22. The van der Waals surface area contributed by atoms with Crippen LogP contribution < -0.4 is 5.73 Å². The van der Waals surface area contributed by atoms with Crippen LogP contribution in [0.2, 0.25) is 0 Å². The van der Waals surface area contributed by atoms with E-state index >= 15 is 0 Å². The molecular weight excluding hydrogens is 308 g/mol. The van der Waals surface area contributed by atoms with Crippen LogP contribution in [0, 0.1) is 0 Å². The summed E-state index contributed by atoms with van der Waals surface area (Å²) < 4.78 is 52.2. The third-order valence-electron chi connectivity index (χ3n) is 3.53. The van der Waals surface area contributed by atoms with Crippen molar-refractivity contribution in [3.63, 3.8) is 0 Å². The first-order valence-corrected chi connectivity index (χ1v) is 7.55. The maximum Gasteiger partial charge on any atom is 0.416 e. The van der Waals surface area contributed by atoms with E-state index in [4.69, 9.17) is 5.73 Å². The van der Waals surface area contributed by atoms with Crippen molar-refractivity contribution in [3.8, 4) is 0 Å². The van der Waals surface area contributed by atoms with Gasteiger partial charge in [-0.1, -0.05) is 19.1 Å². The van der Waals surface area contributed by atoms with Crippen LogP contribution in [0.25, 0.3) is 0 Å². The van der Waals surface area contributed by atoms with Crippen molar-refractivity contribution in [2.45, 2.75) is 45.7 Å². The highest BCUT2D eigenvalue weighted by molar-refractivity contribution is 5.81. The van der Waals surface area contributed by atoms with Crippen LogP contribution in [0.4, 0.5) is 17.6 Å². The monoisotopic (exact) mass is 330 g/mol. The summed E-state index contributed by atoms with van der Waals surface area (Å²) in [6, 6.07) is 0. The lowest BCUT2D eigenvalue weighted by molar-refractivity contribution is -0.0884. The molecule has 0 amide bonds. The molecule has 2 nitrogen and oxygen atoms in total. The lowest BCUT2D eigenvalue weighted by atomic mass is 10.1. The van der Waals surface area contributed by atoms with Gasteiger partial charge < -0.3 is 5.73 Å². The topological polar surface area (TPSA) is 38.4 Å². The van der Waals surface area contributed by atoms with Crippen LogP contribution >= 0.6 is 0 Å². The van der Waals surface area contributed by atoms with E-state index in [1.807, 2.05) is 0 Å². The number of halogens is 4. The molecule has 0 saturated heterocycles. The van der Waals surface area contributed by atoms with Crippen LogP contribution in [-0.4, -0.2) is 19.1 Å². The van der Waals surface area contributed by atoms with Gasteiger partial charge in [0.25, 0.3) is 0 Å². The summed E-state index contributed by atoms with van der Waals surface area (Å²) in [7, 11) is 0. The Hall–Kier alpha value is -1.85. The zero-order valence-electron chi connectivity index (χ0n) is 13.4. The minimum absolute atomic E-state index is 0.0285. The van der Waals surface area contributed by atoms with Gasteiger partial charge in [0.15, 0.2) is 0 Å². The molecule has 0 unspecified atom stereocenters. The lowest BCUT2D eigenvalue weighted by Crippen LogP contribution is -2.11. The number of nitrogens with two attached hydrogens (primary N) is 1. The highest BCUT2D eigenvalue weighted by Gasteiger charge is 2.32. The summed E-state index contributed by atoms with van der Waals surface area (Å²) >= 11 is 0. The van der Waals surface area contributed by atoms with Crippen molar-refractivity contribution in [3.05, 3.63) is 46.3 Å². The quantitative estimate of drug-likeness (QED) is 0.408. The molecule has 23 heavy (non-hydrogen) atoms. The first-order valence-electron chi connectivity index (χ1n) is 7.55. The largest absolute Gasteiger partial charge is 0.416 e. The Balaban J connectivity index is 3.25. The van der Waals surface area contributed by atoms with E-state index in [1.165, 1.54) is 12.3 Å². The van der Waals surface area contributed by atoms with Gasteiger partial charge in [0.05, 0.1) is 11.3 Å². The maximum atomic E-state index is 13.1. The number of alkyl halides is 4. The number of rotatable bonds is 6. The summed E-state index contributed by atoms with van der Waals surface area (Å²) in [6.07, 6.45) is 2.94. The van der Waals surface area contributed by atoms with Crippen molar-refractivity contribution in [2.75, 3.05) is 6.67 Å². The van der Waals surface area contributed by atoms with Crippen molar-refractivity contribution in [1.82, 2.24) is 0 Å². The molecule has 0 saturated carbocycles. The third kappa shape index (κ3) is 5.69. The molecule has 2 N–H and O–H groups in total. The Morgan fingerprint density at radius 2 is 2.00 bits per heavy atom. The molecule has 0 atom stereocenters. The minimum Gasteiger partial charge on any atom is -0.402 e. The molecule has 0 aliphatic heterocycles. The predicted molar refractivity (Wildman–Crippen MR) is 85.8 cm³/mol. The smallest absolute Gasteiger partial charge is 0.402 e. The standard InChI is InChI=1S/C17H22F4N2/c1-3-6-14(17(19,20)21)9-16(12(4-2)10-18)23-11-13-7-5-8-15(13)22/h4,6,9,11H,3,5,7-8,10,22H2,1-2H3/b12-4-,14-6-,16-9+,23-11?. The number of aliphatic imine (C=N–C) groups is 1. The van der Waals surface area contributed by atoms with Gasteiger partial charge in [-0.2, -0.15) is 13.2 Å². The van der Waals surface area contributed by atoms with E-state index in [-0.39, 0.29) is 17.7 Å². The summed E-state index contributed by atoms with van der Waals surface area (Å²) in [5.74, 6) is 0. The van der Waals surface area contributed by atoms with Gasteiger partial charge in [0.1, 0.15) is 6.67 Å². The molecule has 0 aromatic rings. The van der Waals surface area contributed by atoms with Crippen molar-refractivity contribution >= 4 is 6.21 Å². The molecule has 0 aromatic carbocycles. The molecule has 0 fully saturated rings. The normalized spacial score (nSPS) is 18.4. The Bertz CT molecular complexity index is 564.